The Balaban J connectivity index is 1.74. The molecule has 0 aliphatic heterocycles. The molecule has 0 bridgehead atoms. The first-order valence-electron chi connectivity index (χ1n) is 7.85. The summed E-state index contributed by atoms with van der Waals surface area (Å²) in [6.07, 6.45) is 3.42. The van der Waals surface area contributed by atoms with Crippen molar-refractivity contribution in [2.45, 2.75) is 6.54 Å². The highest BCUT2D eigenvalue weighted by Gasteiger charge is 2.17. The fraction of sp³-hybridized carbons (Fsp3) is 0.100. The van der Waals surface area contributed by atoms with E-state index in [0.717, 1.165) is 11.3 Å². The maximum absolute atomic E-state index is 12.9. The van der Waals surface area contributed by atoms with E-state index in [-0.39, 0.29) is 18.3 Å². The summed E-state index contributed by atoms with van der Waals surface area (Å²) in [5.74, 6) is -0.0929. The molecule has 25 heavy (non-hydrogen) atoms. The third kappa shape index (κ3) is 4.64. The average Bonchev–Trinajstić information content (AvgIpc) is 2.67. The minimum absolute atomic E-state index is 0.138. The van der Waals surface area contributed by atoms with Gasteiger partial charge in [0.15, 0.2) is 6.61 Å². The largest absolute Gasteiger partial charge is 0.484 e. The maximum Gasteiger partial charge on any atom is 0.265 e. The lowest BCUT2D eigenvalue weighted by Crippen LogP contribution is -2.34. The van der Waals surface area contributed by atoms with Crippen LogP contribution in [0.3, 0.4) is 0 Å². The van der Waals surface area contributed by atoms with Crippen LogP contribution in [0.1, 0.15) is 5.56 Å². The summed E-state index contributed by atoms with van der Waals surface area (Å²) in [5, 5.41) is 0. The van der Waals surface area contributed by atoms with E-state index < -0.39 is 0 Å². The minimum atomic E-state index is -0.346. The molecule has 4 nitrogen and oxygen atoms in total. The van der Waals surface area contributed by atoms with Crippen molar-refractivity contribution in [3.8, 4) is 5.75 Å². The molecule has 0 fully saturated rings. The summed E-state index contributed by atoms with van der Waals surface area (Å²) < 4.78 is 18.4. The second-order valence-corrected chi connectivity index (χ2v) is 5.42. The Morgan fingerprint density at radius 2 is 1.76 bits per heavy atom. The molecule has 0 aliphatic rings. The number of carbonyl (C=O) groups excluding carboxylic acids is 1. The zero-order valence-electron chi connectivity index (χ0n) is 13.5. The van der Waals surface area contributed by atoms with Gasteiger partial charge in [-0.15, -0.1) is 0 Å². The van der Waals surface area contributed by atoms with Gasteiger partial charge in [0.05, 0.1) is 6.54 Å². The summed E-state index contributed by atoms with van der Waals surface area (Å²) >= 11 is 0. The van der Waals surface area contributed by atoms with Gasteiger partial charge in [-0.25, -0.2) is 4.39 Å². The first-order valence-corrected chi connectivity index (χ1v) is 7.85. The second-order valence-electron chi connectivity index (χ2n) is 5.42. The van der Waals surface area contributed by atoms with Gasteiger partial charge in [-0.3, -0.25) is 9.78 Å². The quantitative estimate of drug-likeness (QED) is 0.687. The Hall–Kier alpha value is -3.21. The molecule has 0 aliphatic carbocycles. The topological polar surface area (TPSA) is 42.4 Å². The Kier molecular flexibility index (Phi) is 5.36. The highest BCUT2D eigenvalue weighted by atomic mass is 19.1. The molecule has 0 atom stereocenters. The summed E-state index contributed by atoms with van der Waals surface area (Å²) in [5.41, 5.74) is 1.69. The Morgan fingerprint density at radius 1 is 1.00 bits per heavy atom. The van der Waals surface area contributed by atoms with E-state index in [1.165, 1.54) is 24.3 Å². The van der Waals surface area contributed by atoms with Gasteiger partial charge < -0.3 is 9.64 Å². The van der Waals surface area contributed by atoms with E-state index in [9.17, 15) is 9.18 Å². The molecular formula is C20H17FN2O2. The van der Waals surface area contributed by atoms with Crippen LogP contribution < -0.4 is 9.64 Å². The van der Waals surface area contributed by atoms with Gasteiger partial charge in [-0.05, 0) is 48.0 Å². The Labute approximate surface area is 145 Å². The number of carbonyl (C=O) groups is 1. The SMILES string of the molecule is O=C(COc1ccc(F)cc1)N(Cc1cccnc1)c1ccccc1. The van der Waals surface area contributed by atoms with Crippen LogP contribution in [0.5, 0.6) is 5.75 Å². The average molecular weight is 336 g/mol. The first kappa shape index (κ1) is 16.6. The highest BCUT2D eigenvalue weighted by molar-refractivity contribution is 5.94. The Bertz CT molecular complexity index is 808. The van der Waals surface area contributed by atoms with E-state index in [0.29, 0.717) is 12.3 Å². The fourth-order valence-corrected chi connectivity index (χ4v) is 2.36. The van der Waals surface area contributed by atoms with Gasteiger partial charge in [-0.1, -0.05) is 24.3 Å². The zero-order valence-corrected chi connectivity index (χ0v) is 13.5. The van der Waals surface area contributed by atoms with Gasteiger partial charge >= 0.3 is 0 Å². The molecule has 1 heterocycles. The molecule has 0 unspecified atom stereocenters. The maximum atomic E-state index is 12.9. The van der Waals surface area contributed by atoms with E-state index in [1.54, 1.807) is 17.3 Å². The lowest BCUT2D eigenvalue weighted by Gasteiger charge is -2.23. The molecule has 3 aromatic rings. The first-order chi connectivity index (χ1) is 12.2. The number of halogens is 1. The summed E-state index contributed by atoms with van der Waals surface area (Å²) in [6, 6.07) is 18.7. The molecule has 1 aromatic heterocycles. The molecule has 0 spiro atoms. The van der Waals surface area contributed by atoms with Crippen molar-refractivity contribution in [1.82, 2.24) is 4.98 Å². The number of benzene rings is 2. The molecule has 126 valence electrons. The lowest BCUT2D eigenvalue weighted by molar-refractivity contribution is -0.120. The number of hydrogen-bond donors (Lipinski definition) is 0. The zero-order chi connectivity index (χ0) is 17.5. The molecule has 1 amide bonds. The molecule has 0 N–H and O–H groups in total. The van der Waals surface area contributed by atoms with Crippen molar-refractivity contribution >= 4 is 11.6 Å². The van der Waals surface area contributed by atoms with Crippen molar-refractivity contribution in [1.29, 1.82) is 0 Å². The predicted octanol–water partition coefficient (Wildman–Crippen LogP) is 3.83. The van der Waals surface area contributed by atoms with Crippen LogP contribution in [-0.2, 0) is 11.3 Å². The molecule has 2 aromatic carbocycles. The molecule has 0 saturated heterocycles. The summed E-state index contributed by atoms with van der Waals surface area (Å²) in [7, 11) is 0. The number of para-hydroxylation sites is 1. The number of amides is 1. The van der Waals surface area contributed by atoms with Crippen molar-refractivity contribution in [2.24, 2.45) is 0 Å². The molecular weight excluding hydrogens is 319 g/mol. The van der Waals surface area contributed by atoms with E-state index >= 15 is 0 Å². The van der Waals surface area contributed by atoms with Crippen LogP contribution in [0.4, 0.5) is 10.1 Å². The summed E-state index contributed by atoms with van der Waals surface area (Å²) in [4.78, 5) is 18.4. The smallest absolute Gasteiger partial charge is 0.265 e. The van der Waals surface area contributed by atoms with Gasteiger partial charge in [0, 0.05) is 18.1 Å². The number of hydrogen-bond acceptors (Lipinski definition) is 3. The molecule has 0 saturated carbocycles. The van der Waals surface area contributed by atoms with Gasteiger partial charge in [-0.2, -0.15) is 0 Å². The van der Waals surface area contributed by atoms with Gasteiger partial charge in [0.25, 0.3) is 5.91 Å². The van der Waals surface area contributed by atoms with Crippen molar-refractivity contribution in [3.05, 3.63) is 90.5 Å². The highest BCUT2D eigenvalue weighted by Crippen LogP contribution is 2.18. The number of nitrogens with zero attached hydrogens (tertiary/aromatic N) is 2. The number of aromatic nitrogens is 1. The number of rotatable bonds is 6. The van der Waals surface area contributed by atoms with E-state index in [4.69, 9.17) is 4.74 Å². The van der Waals surface area contributed by atoms with Gasteiger partial charge in [0.2, 0.25) is 0 Å². The van der Waals surface area contributed by atoms with Gasteiger partial charge in [0.1, 0.15) is 11.6 Å². The Morgan fingerprint density at radius 3 is 2.44 bits per heavy atom. The predicted molar refractivity (Wildman–Crippen MR) is 93.8 cm³/mol. The van der Waals surface area contributed by atoms with Crippen molar-refractivity contribution in [3.63, 3.8) is 0 Å². The lowest BCUT2D eigenvalue weighted by atomic mass is 10.2. The van der Waals surface area contributed by atoms with Crippen LogP contribution in [0, 0.1) is 5.82 Å². The monoisotopic (exact) mass is 336 g/mol. The van der Waals surface area contributed by atoms with Crippen LogP contribution >= 0.6 is 0 Å². The summed E-state index contributed by atoms with van der Waals surface area (Å²) in [6.45, 7) is 0.254. The van der Waals surface area contributed by atoms with E-state index in [1.807, 2.05) is 42.5 Å². The third-order valence-corrected chi connectivity index (χ3v) is 3.61. The van der Waals surface area contributed by atoms with Crippen molar-refractivity contribution in [2.75, 3.05) is 11.5 Å². The van der Waals surface area contributed by atoms with Crippen molar-refractivity contribution < 1.29 is 13.9 Å². The minimum Gasteiger partial charge on any atom is -0.484 e. The fourth-order valence-electron chi connectivity index (χ4n) is 2.36. The van der Waals surface area contributed by atoms with Crippen LogP contribution in [0.15, 0.2) is 79.1 Å². The standard InChI is InChI=1S/C20H17FN2O2/c21-17-8-10-19(11-9-17)25-15-20(24)23(18-6-2-1-3-7-18)14-16-5-4-12-22-13-16/h1-13H,14-15H2. The second kappa shape index (κ2) is 8.06. The van der Waals surface area contributed by atoms with E-state index in [2.05, 4.69) is 4.98 Å². The van der Waals surface area contributed by atoms with Crippen LogP contribution in [0.25, 0.3) is 0 Å². The number of ether oxygens (including phenoxy) is 1. The molecule has 0 radical (unpaired) electrons. The number of anilines is 1. The normalized spacial score (nSPS) is 10.3. The molecule has 5 heteroatoms. The van der Waals surface area contributed by atoms with Crippen LogP contribution in [-0.4, -0.2) is 17.5 Å². The van der Waals surface area contributed by atoms with Crippen LogP contribution in [0.2, 0.25) is 0 Å². The molecule has 3 rings (SSSR count). The number of pyridine rings is 1. The third-order valence-electron chi connectivity index (χ3n) is 3.61.